The van der Waals surface area contributed by atoms with Crippen molar-refractivity contribution in [2.75, 3.05) is 19.8 Å². The Hall–Kier alpha value is -6.58. The molecule has 2 N–H and O–H groups in total. The standard InChI is InChI=1S/C57H60FN3O7/c1-4-30-65-57-53(61(36-41-19-23-45(58)24-20-41)56(64)43-21-17-40(35-59)18-22-43)34-51(60-66-37-42-12-6-5-7-13-42)49-32-44(14-8-10-28-62)48(15-9-11-29-63)54(55(49)57)50-33-47(26-27-52(50)68-57)67-46-25-16-38(2)39(3)31-46/h4-7,12-13,16-27,31-33,44,48,53-55,62-63H,1,8-11,14-15,28-30,34,36-37H2,2-3H3/t44-,48+,53-,54+,55+,57+/m0/s1. The van der Waals surface area contributed by atoms with Crippen molar-refractivity contribution < 1.29 is 38.4 Å². The van der Waals surface area contributed by atoms with Gasteiger partial charge in [-0.2, -0.15) is 5.26 Å². The van der Waals surface area contributed by atoms with Crippen molar-refractivity contribution in [1.82, 2.24) is 4.90 Å². The fourth-order valence-electron chi connectivity index (χ4n) is 10.3. The molecule has 0 saturated heterocycles. The number of aliphatic hydroxyl groups excluding tert-OH is 2. The van der Waals surface area contributed by atoms with Crippen molar-refractivity contribution in [2.24, 2.45) is 22.9 Å². The zero-order chi connectivity index (χ0) is 47.6. The average Bonchev–Trinajstić information content (AvgIpc) is 3.36. The summed E-state index contributed by atoms with van der Waals surface area (Å²) >= 11 is 0. The zero-order valence-electron chi connectivity index (χ0n) is 38.9. The number of hydrogen-bond donors (Lipinski definition) is 2. The minimum absolute atomic E-state index is 0.00904. The SMILES string of the molecule is C=CCO[C@@]12Oc3ccc(Oc4ccc(C)c(C)c4)cc3[C@H]3[C@H](CCCCO)[C@@H](CCCCO)C=C(C(=NOCc4ccccc4)C[C@@H]1N(Cc1ccc(F)cc1)C(=O)c1ccc(C#N)cc1)[C@H]32. The van der Waals surface area contributed by atoms with E-state index in [1.54, 1.807) is 47.4 Å². The van der Waals surface area contributed by atoms with Crippen LogP contribution in [0, 0.1) is 48.7 Å². The van der Waals surface area contributed by atoms with Gasteiger partial charge in [0.1, 0.15) is 35.7 Å². The van der Waals surface area contributed by atoms with E-state index in [2.05, 4.69) is 38.6 Å². The highest BCUT2D eigenvalue weighted by molar-refractivity contribution is 6.03. The van der Waals surface area contributed by atoms with Crippen molar-refractivity contribution in [3.63, 3.8) is 0 Å². The number of amides is 1. The molecule has 1 heterocycles. The summed E-state index contributed by atoms with van der Waals surface area (Å²) in [7, 11) is 0. The van der Waals surface area contributed by atoms with Crippen LogP contribution in [0.2, 0.25) is 0 Å². The van der Waals surface area contributed by atoms with Crippen molar-refractivity contribution >= 4 is 11.6 Å². The normalized spacial score (nSPS) is 21.9. The highest BCUT2D eigenvalue weighted by Crippen LogP contribution is 2.62. The quantitative estimate of drug-likeness (QED) is 0.0448. The lowest BCUT2D eigenvalue weighted by Gasteiger charge is -2.60. The molecule has 1 saturated carbocycles. The third-order valence-electron chi connectivity index (χ3n) is 13.8. The molecule has 3 aliphatic rings. The summed E-state index contributed by atoms with van der Waals surface area (Å²) in [5.41, 5.74) is 7.12. The minimum atomic E-state index is -1.54. The van der Waals surface area contributed by atoms with Crippen molar-refractivity contribution in [1.29, 1.82) is 5.26 Å². The summed E-state index contributed by atoms with van der Waals surface area (Å²) < 4.78 is 35.8. The van der Waals surface area contributed by atoms with Gasteiger partial charge < -0.3 is 34.2 Å². The number of ether oxygens (including phenoxy) is 3. The average molecular weight is 918 g/mol. The van der Waals surface area contributed by atoms with Crippen molar-refractivity contribution in [2.45, 2.75) is 89.7 Å². The predicted octanol–water partition coefficient (Wildman–Crippen LogP) is 11.3. The molecule has 0 aromatic heterocycles. The molecule has 1 amide bonds. The molecule has 5 aromatic rings. The number of carbonyl (C=O) groups excluding carboxylic acids is 1. The second-order valence-electron chi connectivity index (χ2n) is 18.1. The number of halogens is 1. The van der Waals surface area contributed by atoms with Crippen LogP contribution in [0.15, 0.2) is 145 Å². The van der Waals surface area contributed by atoms with Gasteiger partial charge in [-0.25, -0.2) is 4.39 Å². The lowest BCUT2D eigenvalue weighted by atomic mass is 9.55. The molecule has 6 atom stereocenters. The number of rotatable bonds is 20. The molecule has 8 rings (SSSR count). The molecule has 0 bridgehead atoms. The van der Waals surface area contributed by atoms with Crippen molar-refractivity contribution in [3.05, 3.63) is 184 Å². The molecule has 5 aromatic carbocycles. The third-order valence-corrected chi connectivity index (χ3v) is 13.8. The van der Waals surface area contributed by atoms with E-state index in [1.807, 2.05) is 60.7 Å². The smallest absolute Gasteiger partial charge is 0.254 e. The van der Waals surface area contributed by atoms with E-state index >= 15 is 4.79 Å². The Morgan fingerprint density at radius 3 is 2.32 bits per heavy atom. The van der Waals surface area contributed by atoms with E-state index in [9.17, 15) is 19.9 Å². The molecule has 2 aliphatic carbocycles. The highest BCUT2D eigenvalue weighted by Gasteiger charge is 2.65. The molecule has 1 fully saturated rings. The second-order valence-corrected chi connectivity index (χ2v) is 18.1. The van der Waals surface area contributed by atoms with Gasteiger partial charge in [-0.05, 0) is 146 Å². The van der Waals surface area contributed by atoms with Gasteiger partial charge in [0.25, 0.3) is 5.91 Å². The molecule has 0 radical (unpaired) electrons. The molecule has 68 heavy (non-hydrogen) atoms. The van der Waals surface area contributed by atoms with Gasteiger partial charge in [0, 0.05) is 43.2 Å². The maximum absolute atomic E-state index is 15.4. The van der Waals surface area contributed by atoms with Gasteiger partial charge in [0.2, 0.25) is 5.79 Å². The number of nitrogens with zero attached hydrogens (tertiary/aromatic N) is 3. The summed E-state index contributed by atoms with van der Waals surface area (Å²) in [6.07, 6.45) is 8.54. The number of unbranched alkanes of at least 4 members (excludes halogenated alkanes) is 2. The number of aliphatic hydroxyl groups is 2. The predicted molar refractivity (Wildman–Crippen MR) is 260 cm³/mol. The molecule has 0 spiro atoms. The van der Waals surface area contributed by atoms with Crippen LogP contribution in [-0.2, 0) is 22.7 Å². The molecular weight excluding hydrogens is 858 g/mol. The molecule has 0 unspecified atom stereocenters. The third kappa shape index (κ3) is 10.4. The van der Waals surface area contributed by atoms with Crippen LogP contribution < -0.4 is 9.47 Å². The van der Waals surface area contributed by atoms with Crippen molar-refractivity contribution in [3.8, 4) is 23.3 Å². The molecule has 10 nitrogen and oxygen atoms in total. The Kier molecular flexibility index (Phi) is 15.5. The Labute approximate surface area is 398 Å². The van der Waals surface area contributed by atoms with E-state index < -0.39 is 23.6 Å². The summed E-state index contributed by atoms with van der Waals surface area (Å²) in [4.78, 5) is 23.4. The Balaban J connectivity index is 1.36. The van der Waals surface area contributed by atoms with Gasteiger partial charge in [-0.1, -0.05) is 78.7 Å². The van der Waals surface area contributed by atoms with Crippen LogP contribution in [0.5, 0.6) is 17.2 Å². The van der Waals surface area contributed by atoms with E-state index in [4.69, 9.17) is 24.2 Å². The van der Waals surface area contributed by atoms with Gasteiger partial charge >= 0.3 is 0 Å². The maximum atomic E-state index is 15.4. The summed E-state index contributed by atoms with van der Waals surface area (Å²) in [6.45, 7) is 8.68. The number of fused-ring (bicyclic) bond motifs is 2. The number of carbonyl (C=O) groups is 1. The topological polar surface area (TPSA) is 134 Å². The van der Waals surface area contributed by atoms with E-state index in [1.165, 1.54) is 12.1 Å². The minimum Gasteiger partial charge on any atom is -0.459 e. The van der Waals surface area contributed by atoms with E-state index in [0.29, 0.717) is 52.5 Å². The maximum Gasteiger partial charge on any atom is 0.254 e. The van der Waals surface area contributed by atoms with Crippen LogP contribution in [0.4, 0.5) is 4.39 Å². The largest absolute Gasteiger partial charge is 0.459 e. The fourth-order valence-corrected chi connectivity index (χ4v) is 10.3. The highest BCUT2D eigenvalue weighted by atomic mass is 19.1. The number of nitriles is 1. The first-order valence-electron chi connectivity index (χ1n) is 23.7. The second kappa shape index (κ2) is 22.0. The zero-order valence-corrected chi connectivity index (χ0v) is 38.9. The van der Waals surface area contributed by atoms with Crippen LogP contribution in [-0.4, -0.2) is 58.4 Å². The first kappa shape index (κ1) is 47.9. The van der Waals surface area contributed by atoms with Gasteiger partial charge in [0.05, 0.1) is 29.9 Å². The monoisotopic (exact) mass is 917 g/mol. The molecule has 11 heteroatoms. The number of oxime groups is 1. The van der Waals surface area contributed by atoms with Gasteiger partial charge in [-0.3, -0.25) is 4.79 Å². The first-order valence-corrected chi connectivity index (χ1v) is 23.7. The number of aryl methyl sites for hydroxylation is 2. The first-order chi connectivity index (χ1) is 33.2. The number of allylic oxidation sites excluding steroid dienone is 1. The van der Waals surface area contributed by atoms with Crippen LogP contribution in [0.25, 0.3) is 0 Å². The van der Waals surface area contributed by atoms with Crippen LogP contribution in [0.3, 0.4) is 0 Å². The molecular formula is C57H60FN3O7. The van der Waals surface area contributed by atoms with Gasteiger partial charge in [0.15, 0.2) is 0 Å². The molecule has 352 valence electrons. The Morgan fingerprint density at radius 2 is 1.62 bits per heavy atom. The number of hydrogen-bond acceptors (Lipinski definition) is 9. The van der Waals surface area contributed by atoms with E-state index in [0.717, 1.165) is 53.5 Å². The summed E-state index contributed by atoms with van der Waals surface area (Å²) in [5.74, 6) is -1.20. The lowest BCUT2D eigenvalue weighted by Crippen LogP contribution is -2.70. The van der Waals surface area contributed by atoms with Crippen LogP contribution in [0.1, 0.15) is 94.6 Å². The number of benzene rings is 5. The molecule has 1 aliphatic heterocycles. The van der Waals surface area contributed by atoms with E-state index in [-0.39, 0.29) is 63.1 Å². The van der Waals surface area contributed by atoms with Gasteiger partial charge in [-0.15, -0.1) is 6.58 Å². The van der Waals surface area contributed by atoms with Crippen LogP contribution >= 0.6 is 0 Å². The summed E-state index contributed by atoms with van der Waals surface area (Å²) in [6, 6.07) is 35.7. The Morgan fingerprint density at radius 1 is 0.897 bits per heavy atom. The fraction of sp³-hybridized carbons (Fsp3) is 0.351. The lowest BCUT2D eigenvalue weighted by molar-refractivity contribution is -0.255. The summed E-state index contributed by atoms with van der Waals surface area (Å²) in [5, 5.41) is 34.7. The Bertz CT molecular complexity index is 2640.